The average molecular weight is 381 g/mol. The number of likely N-dealkylation sites (tertiary alicyclic amines) is 1. The molecule has 148 valence electrons. The number of carbonyl (C=O) groups excluding carboxylic acids is 1. The van der Waals surface area contributed by atoms with Gasteiger partial charge in [-0.15, -0.1) is 0 Å². The van der Waals surface area contributed by atoms with Gasteiger partial charge in [-0.25, -0.2) is 4.98 Å². The Kier molecular flexibility index (Phi) is 5.86. The van der Waals surface area contributed by atoms with Gasteiger partial charge in [0.05, 0.1) is 0 Å². The lowest BCUT2D eigenvalue weighted by atomic mass is 9.92. The van der Waals surface area contributed by atoms with Crippen molar-refractivity contribution in [3.05, 3.63) is 53.5 Å². The van der Waals surface area contributed by atoms with Crippen LogP contribution in [0.15, 0.2) is 36.7 Å². The lowest BCUT2D eigenvalue weighted by Crippen LogP contribution is -2.42. The van der Waals surface area contributed by atoms with E-state index in [0.717, 1.165) is 50.3 Å². The lowest BCUT2D eigenvalue weighted by molar-refractivity contribution is 0.0572. The second-order valence-electron chi connectivity index (χ2n) is 7.56. The zero-order valence-corrected chi connectivity index (χ0v) is 16.3. The van der Waals surface area contributed by atoms with Crippen LogP contribution in [0.25, 0.3) is 0 Å². The second-order valence-corrected chi connectivity index (χ2v) is 7.56. The number of ether oxygens (including phenoxy) is 2. The monoisotopic (exact) mass is 381 g/mol. The summed E-state index contributed by atoms with van der Waals surface area (Å²) in [7, 11) is 0. The van der Waals surface area contributed by atoms with Crippen LogP contribution < -0.4 is 4.74 Å². The number of hydrogen-bond donors (Lipinski definition) is 0. The highest BCUT2D eigenvalue weighted by atomic mass is 16.5. The molecule has 4 rings (SSSR count). The van der Waals surface area contributed by atoms with Gasteiger partial charge in [0.15, 0.2) is 0 Å². The summed E-state index contributed by atoms with van der Waals surface area (Å²) in [5.41, 5.74) is 2.65. The van der Waals surface area contributed by atoms with Crippen LogP contribution in [0.3, 0.4) is 0 Å². The number of hydrogen-bond acceptors (Lipinski definition) is 5. The number of pyridine rings is 2. The van der Waals surface area contributed by atoms with Gasteiger partial charge in [-0.1, -0.05) is 12.1 Å². The van der Waals surface area contributed by atoms with Crippen molar-refractivity contribution in [3.8, 4) is 5.88 Å². The third kappa shape index (κ3) is 4.17. The molecule has 2 fully saturated rings. The molecule has 2 aromatic heterocycles. The molecule has 0 aliphatic carbocycles. The van der Waals surface area contributed by atoms with E-state index in [4.69, 9.17) is 9.47 Å². The van der Waals surface area contributed by atoms with E-state index in [2.05, 4.69) is 16.0 Å². The highest BCUT2D eigenvalue weighted by Crippen LogP contribution is 2.33. The van der Waals surface area contributed by atoms with E-state index in [9.17, 15) is 4.79 Å². The van der Waals surface area contributed by atoms with Crippen LogP contribution in [0.2, 0.25) is 0 Å². The molecule has 0 atom stereocenters. The average Bonchev–Trinajstić information content (AvgIpc) is 2.75. The number of piperidine rings is 1. The maximum Gasteiger partial charge on any atom is 0.272 e. The van der Waals surface area contributed by atoms with Gasteiger partial charge < -0.3 is 14.4 Å². The molecule has 2 aromatic rings. The molecule has 0 unspecified atom stereocenters. The van der Waals surface area contributed by atoms with E-state index < -0.39 is 0 Å². The second kappa shape index (κ2) is 8.69. The summed E-state index contributed by atoms with van der Waals surface area (Å²) in [6.45, 7) is 4.88. The van der Waals surface area contributed by atoms with Crippen LogP contribution in [0, 0.1) is 6.92 Å². The van der Waals surface area contributed by atoms with Crippen molar-refractivity contribution in [1.29, 1.82) is 0 Å². The molecule has 6 heteroatoms. The summed E-state index contributed by atoms with van der Waals surface area (Å²) >= 11 is 0. The Bertz CT molecular complexity index is 812. The lowest BCUT2D eigenvalue weighted by Gasteiger charge is -2.33. The Morgan fingerprint density at radius 2 is 1.79 bits per heavy atom. The summed E-state index contributed by atoms with van der Waals surface area (Å²) < 4.78 is 11.8. The first kappa shape index (κ1) is 18.9. The summed E-state index contributed by atoms with van der Waals surface area (Å²) in [6, 6.07) is 7.89. The summed E-state index contributed by atoms with van der Waals surface area (Å²) in [6.07, 6.45) is 7.19. The largest absolute Gasteiger partial charge is 0.474 e. The molecular formula is C22H27N3O3. The Labute approximate surface area is 165 Å². The Balaban J connectivity index is 1.37. The molecule has 2 saturated heterocycles. The minimum Gasteiger partial charge on any atom is -0.474 e. The summed E-state index contributed by atoms with van der Waals surface area (Å²) in [5, 5.41) is 0. The Morgan fingerprint density at radius 3 is 2.54 bits per heavy atom. The number of aryl methyl sites for hydroxylation is 1. The minimum absolute atomic E-state index is 0.0114. The van der Waals surface area contributed by atoms with E-state index in [1.807, 2.05) is 30.0 Å². The molecule has 0 aromatic carbocycles. The first-order chi connectivity index (χ1) is 13.7. The highest BCUT2D eigenvalue weighted by molar-refractivity contribution is 5.93. The fourth-order valence-corrected chi connectivity index (χ4v) is 4.01. The highest BCUT2D eigenvalue weighted by Gasteiger charge is 2.28. The van der Waals surface area contributed by atoms with Crippen LogP contribution in [-0.4, -0.2) is 53.2 Å². The molecule has 28 heavy (non-hydrogen) atoms. The topological polar surface area (TPSA) is 64.6 Å². The van der Waals surface area contributed by atoms with Gasteiger partial charge in [0.25, 0.3) is 5.91 Å². The molecule has 2 aliphatic rings. The Morgan fingerprint density at radius 1 is 1.07 bits per heavy atom. The molecule has 1 amide bonds. The summed E-state index contributed by atoms with van der Waals surface area (Å²) in [4.78, 5) is 23.4. The van der Waals surface area contributed by atoms with Gasteiger partial charge in [0.1, 0.15) is 11.8 Å². The van der Waals surface area contributed by atoms with Crippen molar-refractivity contribution >= 4 is 5.91 Å². The van der Waals surface area contributed by atoms with Crippen LogP contribution >= 0.6 is 0 Å². The quantitative estimate of drug-likeness (QED) is 0.813. The molecular weight excluding hydrogens is 354 g/mol. The van der Waals surface area contributed by atoms with Crippen LogP contribution in [0.5, 0.6) is 5.88 Å². The van der Waals surface area contributed by atoms with E-state index in [-0.39, 0.29) is 12.0 Å². The maximum absolute atomic E-state index is 12.7. The standard InChI is InChI=1S/C22H27N3O3/c1-16-4-2-10-23-20(16)22(26)25-12-6-18(7-13-25)28-21-19(5-3-11-24-21)17-8-14-27-15-9-17/h2-5,10-11,17-18H,6-9,12-15H2,1H3. The van der Waals surface area contributed by atoms with E-state index in [1.54, 1.807) is 12.4 Å². The predicted octanol–water partition coefficient (Wildman–Crippen LogP) is 3.36. The van der Waals surface area contributed by atoms with E-state index >= 15 is 0 Å². The molecule has 0 radical (unpaired) electrons. The minimum atomic E-state index is 0.0114. The molecule has 0 N–H and O–H groups in total. The molecule has 4 heterocycles. The van der Waals surface area contributed by atoms with E-state index in [1.165, 1.54) is 5.56 Å². The first-order valence-corrected chi connectivity index (χ1v) is 10.1. The van der Waals surface area contributed by atoms with Gasteiger partial charge in [-0.2, -0.15) is 0 Å². The molecule has 0 spiro atoms. The van der Waals surface area contributed by atoms with Crippen molar-refractivity contribution in [2.75, 3.05) is 26.3 Å². The Hall–Kier alpha value is -2.47. The fraction of sp³-hybridized carbons (Fsp3) is 0.500. The first-order valence-electron chi connectivity index (χ1n) is 10.1. The third-order valence-corrected chi connectivity index (χ3v) is 5.68. The van der Waals surface area contributed by atoms with Crippen molar-refractivity contribution < 1.29 is 14.3 Å². The SMILES string of the molecule is Cc1cccnc1C(=O)N1CCC(Oc2ncccc2C2CCOCC2)CC1. The van der Waals surface area contributed by atoms with Gasteiger partial charge in [-0.3, -0.25) is 9.78 Å². The van der Waals surface area contributed by atoms with Gasteiger partial charge in [-0.05, 0) is 43.4 Å². The number of aromatic nitrogens is 2. The molecule has 6 nitrogen and oxygen atoms in total. The van der Waals surface area contributed by atoms with Crippen LogP contribution in [-0.2, 0) is 4.74 Å². The molecule has 0 saturated carbocycles. The zero-order valence-electron chi connectivity index (χ0n) is 16.3. The van der Waals surface area contributed by atoms with Gasteiger partial charge >= 0.3 is 0 Å². The molecule has 2 aliphatic heterocycles. The predicted molar refractivity (Wildman–Crippen MR) is 106 cm³/mol. The van der Waals surface area contributed by atoms with Crippen molar-refractivity contribution in [1.82, 2.24) is 14.9 Å². The van der Waals surface area contributed by atoms with Crippen LogP contribution in [0.4, 0.5) is 0 Å². The van der Waals surface area contributed by atoms with Gasteiger partial charge in [0.2, 0.25) is 5.88 Å². The van der Waals surface area contributed by atoms with Crippen LogP contribution in [0.1, 0.15) is 53.2 Å². The van der Waals surface area contributed by atoms with Crippen molar-refractivity contribution in [3.63, 3.8) is 0 Å². The normalized spacial score (nSPS) is 18.8. The number of rotatable bonds is 4. The zero-order chi connectivity index (χ0) is 19.3. The number of nitrogens with zero attached hydrogens (tertiary/aromatic N) is 3. The fourth-order valence-electron chi connectivity index (χ4n) is 4.01. The molecule has 0 bridgehead atoms. The number of carbonyl (C=O) groups is 1. The number of amides is 1. The van der Waals surface area contributed by atoms with Crippen molar-refractivity contribution in [2.45, 2.75) is 44.6 Å². The van der Waals surface area contributed by atoms with E-state index in [0.29, 0.717) is 24.7 Å². The smallest absolute Gasteiger partial charge is 0.272 e. The third-order valence-electron chi connectivity index (χ3n) is 5.68. The van der Waals surface area contributed by atoms with Gasteiger partial charge in [0, 0.05) is 57.1 Å². The van der Waals surface area contributed by atoms with Crippen molar-refractivity contribution in [2.24, 2.45) is 0 Å². The maximum atomic E-state index is 12.7. The summed E-state index contributed by atoms with van der Waals surface area (Å²) in [5.74, 6) is 1.21.